The van der Waals surface area contributed by atoms with Crippen molar-refractivity contribution >= 4 is 28.3 Å². The average Bonchev–Trinajstić information content (AvgIpc) is 3.57. The SMILES string of the molecule is Cc1ccc(OCc2ccc(CN3CCN(C)C(=O)C3)cc2C#N)c(-c2csc(N3C[C@H]4CC[C@@H](C3)C4C(=O)O)n2)c1. The maximum absolute atomic E-state index is 12.1. The van der Waals surface area contributed by atoms with Crippen molar-refractivity contribution in [2.45, 2.75) is 32.9 Å². The van der Waals surface area contributed by atoms with Gasteiger partial charge in [-0.25, -0.2) is 4.98 Å². The molecule has 1 amide bonds. The Morgan fingerprint density at radius 3 is 2.67 bits per heavy atom. The molecule has 0 spiro atoms. The third-order valence-electron chi connectivity index (χ3n) is 8.91. The van der Waals surface area contributed by atoms with Gasteiger partial charge in [0.1, 0.15) is 12.4 Å². The first-order valence-electron chi connectivity index (χ1n) is 14.4. The molecule has 1 unspecified atom stereocenters. The van der Waals surface area contributed by atoms with E-state index in [1.165, 1.54) is 0 Å². The zero-order chi connectivity index (χ0) is 29.4. The molecule has 3 atom stereocenters. The van der Waals surface area contributed by atoms with Crippen LogP contribution in [0.1, 0.15) is 35.1 Å². The fourth-order valence-corrected chi connectivity index (χ4v) is 7.44. The van der Waals surface area contributed by atoms with Crippen LogP contribution in [0.2, 0.25) is 0 Å². The molecule has 3 fully saturated rings. The Labute approximate surface area is 249 Å². The first-order chi connectivity index (χ1) is 20.3. The zero-order valence-corrected chi connectivity index (χ0v) is 24.8. The number of benzene rings is 2. The molecule has 0 radical (unpaired) electrons. The van der Waals surface area contributed by atoms with Crippen molar-refractivity contribution in [3.05, 3.63) is 64.0 Å². The Morgan fingerprint density at radius 2 is 1.95 bits per heavy atom. The number of aromatic nitrogens is 1. The zero-order valence-electron chi connectivity index (χ0n) is 24.0. The van der Waals surface area contributed by atoms with Crippen molar-refractivity contribution < 1.29 is 19.4 Å². The smallest absolute Gasteiger partial charge is 0.307 e. The number of aliphatic carboxylic acids is 1. The molecule has 3 aromatic rings. The highest BCUT2D eigenvalue weighted by Gasteiger charge is 2.46. The number of hydrogen-bond donors (Lipinski definition) is 1. The van der Waals surface area contributed by atoms with E-state index in [2.05, 4.69) is 21.9 Å². The molecule has 2 saturated heterocycles. The number of anilines is 1. The lowest BCUT2D eigenvalue weighted by atomic mass is 9.85. The van der Waals surface area contributed by atoms with Crippen molar-refractivity contribution in [2.75, 3.05) is 44.7 Å². The molecule has 42 heavy (non-hydrogen) atoms. The fraction of sp³-hybridized carbons (Fsp3) is 0.438. The second kappa shape index (κ2) is 11.7. The van der Waals surface area contributed by atoms with E-state index in [9.17, 15) is 20.0 Å². The number of nitrogens with zero attached hydrogens (tertiary/aromatic N) is 5. The van der Waals surface area contributed by atoms with E-state index in [4.69, 9.17) is 9.72 Å². The standard InChI is InChI=1S/C32H35N5O4S/c1-20-3-8-28(41-18-24-5-4-21(12-25(24)13-33)14-36-10-9-35(2)29(38)17-36)26(11-20)27-19-42-32(34-27)37-15-22-6-7-23(16-37)30(22)31(39)40/h3-5,8,11-12,19,22-23,30H,6-7,9-10,14-18H2,1-2H3,(H,39,40)/t22-,23+,30?. The minimum absolute atomic E-state index is 0.114. The first kappa shape index (κ1) is 28.2. The summed E-state index contributed by atoms with van der Waals surface area (Å²) < 4.78 is 6.30. The Balaban J connectivity index is 1.15. The molecule has 2 aliphatic heterocycles. The number of piperazine rings is 1. The van der Waals surface area contributed by atoms with Crippen LogP contribution in [-0.4, -0.2) is 71.5 Å². The third-order valence-corrected chi connectivity index (χ3v) is 9.81. The molecule has 10 heteroatoms. The van der Waals surface area contributed by atoms with Gasteiger partial charge in [-0.1, -0.05) is 23.8 Å². The summed E-state index contributed by atoms with van der Waals surface area (Å²) >= 11 is 1.58. The summed E-state index contributed by atoms with van der Waals surface area (Å²) in [6, 6.07) is 14.2. The molecular weight excluding hydrogens is 550 g/mol. The van der Waals surface area contributed by atoms with Crippen LogP contribution in [0.4, 0.5) is 5.13 Å². The molecular formula is C32H35N5O4S. The van der Waals surface area contributed by atoms with Gasteiger partial charge in [0.05, 0.1) is 29.8 Å². The lowest BCUT2D eigenvalue weighted by Gasteiger charge is -2.35. The van der Waals surface area contributed by atoms with E-state index >= 15 is 0 Å². The van der Waals surface area contributed by atoms with Crippen molar-refractivity contribution in [3.63, 3.8) is 0 Å². The quantitative estimate of drug-likeness (QED) is 0.415. The van der Waals surface area contributed by atoms with Crippen LogP contribution in [0.5, 0.6) is 5.75 Å². The summed E-state index contributed by atoms with van der Waals surface area (Å²) in [5, 5.41) is 22.5. The number of likely N-dealkylation sites (N-methyl/N-ethyl adjacent to an activating group) is 1. The highest BCUT2D eigenvalue weighted by atomic mass is 32.1. The van der Waals surface area contributed by atoms with Crippen molar-refractivity contribution in [1.29, 1.82) is 5.26 Å². The Hall–Kier alpha value is -3.94. The van der Waals surface area contributed by atoms with Crippen LogP contribution < -0.4 is 9.64 Å². The average molecular weight is 586 g/mol. The van der Waals surface area contributed by atoms with E-state index in [0.717, 1.165) is 65.6 Å². The Morgan fingerprint density at radius 1 is 1.17 bits per heavy atom. The second-order valence-electron chi connectivity index (χ2n) is 11.8. The van der Waals surface area contributed by atoms with Gasteiger partial charge in [-0.05, 0) is 55.4 Å². The predicted octanol–water partition coefficient (Wildman–Crippen LogP) is 4.39. The number of hydrogen-bond acceptors (Lipinski definition) is 8. The first-order valence-corrected chi connectivity index (χ1v) is 15.3. The molecule has 2 bridgehead atoms. The van der Waals surface area contributed by atoms with Gasteiger partial charge >= 0.3 is 5.97 Å². The van der Waals surface area contributed by atoms with Crippen LogP contribution in [0.15, 0.2) is 41.8 Å². The van der Waals surface area contributed by atoms with Gasteiger partial charge in [0.15, 0.2) is 5.13 Å². The largest absolute Gasteiger partial charge is 0.488 e. The van der Waals surface area contributed by atoms with Gasteiger partial charge in [0, 0.05) is 56.3 Å². The molecule has 3 heterocycles. The van der Waals surface area contributed by atoms with Gasteiger partial charge in [0.25, 0.3) is 0 Å². The number of aryl methyl sites for hydroxylation is 1. The second-order valence-corrected chi connectivity index (χ2v) is 12.6. The number of piperidine rings is 1. The summed E-state index contributed by atoms with van der Waals surface area (Å²) in [5.41, 5.74) is 5.20. The van der Waals surface area contributed by atoms with E-state index in [1.54, 1.807) is 16.2 Å². The molecule has 1 saturated carbocycles. The number of carbonyl (C=O) groups excluding carboxylic acids is 1. The van der Waals surface area contributed by atoms with E-state index < -0.39 is 5.97 Å². The number of carbonyl (C=O) groups is 2. The number of rotatable bonds is 8. The van der Waals surface area contributed by atoms with Gasteiger partial charge in [0.2, 0.25) is 5.91 Å². The van der Waals surface area contributed by atoms with Crippen LogP contribution in [0, 0.1) is 36.0 Å². The Bertz CT molecular complexity index is 1530. The number of thiazole rings is 1. The lowest BCUT2D eigenvalue weighted by Crippen LogP contribution is -2.47. The maximum Gasteiger partial charge on any atom is 0.307 e. The minimum Gasteiger partial charge on any atom is -0.488 e. The van der Waals surface area contributed by atoms with Crippen molar-refractivity contribution in [1.82, 2.24) is 14.8 Å². The summed E-state index contributed by atoms with van der Waals surface area (Å²) in [6.07, 6.45) is 1.93. The summed E-state index contributed by atoms with van der Waals surface area (Å²) in [4.78, 5) is 34.9. The molecule has 1 aliphatic carbocycles. The maximum atomic E-state index is 12.1. The Kier molecular flexibility index (Phi) is 7.88. The van der Waals surface area contributed by atoms with Crippen molar-refractivity contribution in [2.24, 2.45) is 17.8 Å². The van der Waals surface area contributed by atoms with Gasteiger partial charge in [-0.15, -0.1) is 11.3 Å². The van der Waals surface area contributed by atoms with Gasteiger partial charge in [-0.3, -0.25) is 14.5 Å². The highest BCUT2D eigenvalue weighted by molar-refractivity contribution is 7.14. The molecule has 9 nitrogen and oxygen atoms in total. The number of ether oxygens (including phenoxy) is 1. The summed E-state index contributed by atoms with van der Waals surface area (Å²) in [6.45, 7) is 6.28. The van der Waals surface area contributed by atoms with E-state index in [-0.39, 0.29) is 30.3 Å². The predicted molar refractivity (Wildman–Crippen MR) is 160 cm³/mol. The highest BCUT2D eigenvalue weighted by Crippen LogP contribution is 2.44. The molecule has 1 N–H and O–H groups in total. The van der Waals surface area contributed by atoms with Gasteiger partial charge < -0.3 is 19.6 Å². The van der Waals surface area contributed by atoms with E-state index in [1.807, 2.05) is 49.7 Å². The van der Waals surface area contributed by atoms with E-state index in [0.29, 0.717) is 30.9 Å². The number of amides is 1. The molecule has 2 aromatic carbocycles. The molecule has 3 aliphatic rings. The number of nitriles is 1. The summed E-state index contributed by atoms with van der Waals surface area (Å²) in [7, 11) is 1.82. The van der Waals surface area contributed by atoms with Gasteiger partial charge in [-0.2, -0.15) is 5.26 Å². The fourth-order valence-electron chi connectivity index (χ4n) is 6.59. The number of fused-ring (bicyclic) bond motifs is 2. The molecule has 1 aromatic heterocycles. The van der Waals surface area contributed by atoms with Crippen LogP contribution in [-0.2, 0) is 22.7 Å². The summed E-state index contributed by atoms with van der Waals surface area (Å²) in [5.74, 6) is 0.270. The van der Waals surface area contributed by atoms with Crippen molar-refractivity contribution in [3.8, 4) is 23.1 Å². The monoisotopic (exact) mass is 585 g/mol. The van der Waals surface area contributed by atoms with Crippen LogP contribution >= 0.6 is 11.3 Å². The third kappa shape index (κ3) is 5.72. The molecule has 6 rings (SSSR count). The normalized spacial score (nSPS) is 22.3. The number of carboxylic acids is 1. The van der Waals surface area contributed by atoms with Crippen LogP contribution in [0.25, 0.3) is 11.3 Å². The molecule has 218 valence electrons. The number of carboxylic acid groups (broad SMARTS) is 1. The van der Waals surface area contributed by atoms with Crippen LogP contribution in [0.3, 0.4) is 0 Å². The minimum atomic E-state index is -0.663. The lowest BCUT2D eigenvalue weighted by molar-refractivity contribution is -0.144. The topological polar surface area (TPSA) is 110 Å².